The molecule has 4 rings (SSSR count). The minimum atomic E-state index is -0.554. The summed E-state index contributed by atoms with van der Waals surface area (Å²) in [7, 11) is 1.65. The molecule has 3 aromatic carbocycles. The molecular formula is C21H18O4. The molecule has 25 heavy (non-hydrogen) atoms. The Bertz CT molecular complexity index is 907. The molecule has 0 aromatic heterocycles. The van der Waals surface area contributed by atoms with Gasteiger partial charge in [0.25, 0.3) is 0 Å². The van der Waals surface area contributed by atoms with Crippen LogP contribution >= 0.6 is 0 Å². The van der Waals surface area contributed by atoms with Crippen molar-refractivity contribution in [2.75, 3.05) is 7.11 Å². The van der Waals surface area contributed by atoms with Crippen molar-refractivity contribution in [2.24, 2.45) is 0 Å². The van der Waals surface area contributed by atoms with Crippen LogP contribution in [0.5, 0.6) is 11.5 Å². The molecule has 0 saturated heterocycles. The molecule has 3 aromatic rings. The summed E-state index contributed by atoms with van der Waals surface area (Å²) in [6.07, 6.45) is 0.00843. The normalized spacial score (nSPS) is 15.5. The summed E-state index contributed by atoms with van der Waals surface area (Å²) in [6, 6.07) is 19.6. The van der Waals surface area contributed by atoms with E-state index in [1.807, 2.05) is 60.7 Å². The smallest absolute Gasteiger partial charge is 0.348 e. The van der Waals surface area contributed by atoms with E-state index in [9.17, 15) is 4.79 Å². The van der Waals surface area contributed by atoms with E-state index in [0.717, 1.165) is 33.4 Å². The van der Waals surface area contributed by atoms with Gasteiger partial charge in [-0.1, -0.05) is 36.4 Å². The molecule has 0 amide bonds. The highest BCUT2D eigenvalue weighted by atomic mass is 16.6. The maximum atomic E-state index is 12.3. The number of fused-ring (bicyclic) bond motifs is 2. The second-order valence-corrected chi connectivity index (χ2v) is 6.07. The van der Waals surface area contributed by atoms with E-state index in [4.69, 9.17) is 14.2 Å². The van der Waals surface area contributed by atoms with E-state index in [2.05, 4.69) is 0 Å². The number of ether oxygens (including phenoxy) is 3. The van der Waals surface area contributed by atoms with Gasteiger partial charge in [0.15, 0.2) is 6.10 Å². The lowest BCUT2D eigenvalue weighted by molar-refractivity contribution is -0.152. The zero-order valence-corrected chi connectivity index (χ0v) is 13.9. The molecule has 1 aliphatic rings. The van der Waals surface area contributed by atoms with Crippen molar-refractivity contribution in [3.8, 4) is 11.5 Å². The summed E-state index contributed by atoms with van der Waals surface area (Å²) in [5, 5.41) is 2.17. The van der Waals surface area contributed by atoms with Crippen LogP contribution in [0, 0.1) is 0 Å². The highest BCUT2D eigenvalue weighted by Crippen LogP contribution is 2.29. The fraction of sp³-hybridized carbons (Fsp3) is 0.190. The largest absolute Gasteiger partial charge is 0.497 e. The summed E-state index contributed by atoms with van der Waals surface area (Å²) in [4.78, 5) is 12.3. The lowest BCUT2D eigenvalue weighted by atomic mass is 10.1. The van der Waals surface area contributed by atoms with Gasteiger partial charge in [0.2, 0.25) is 0 Å². The lowest BCUT2D eigenvalue weighted by Crippen LogP contribution is -2.27. The molecule has 1 unspecified atom stereocenters. The fourth-order valence-electron chi connectivity index (χ4n) is 3.05. The highest BCUT2D eigenvalue weighted by Gasteiger charge is 2.30. The maximum absolute atomic E-state index is 12.3. The standard InChI is InChI=1S/C21H18O4/c1-23-18-9-8-15-10-14(6-7-16(15)11-18)13-24-21(22)20-12-17-4-2-3-5-19(17)25-20/h2-11,20H,12-13H2,1H3. The van der Waals surface area contributed by atoms with Gasteiger partial charge >= 0.3 is 5.97 Å². The molecule has 0 spiro atoms. The van der Waals surface area contributed by atoms with Crippen LogP contribution in [-0.2, 0) is 22.6 Å². The van der Waals surface area contributed by atoms with Crippen molar-refractivity contribution in [3.05, 3.63) is 71.8 Å². The van der Waals surface area contributed by atoms with Crippen molar-refractivity contribution in [3.63, 3.8) is 0 Å². The van der Waals surface area contributed by atoms with Gasteiger partial charge in [0.1, 0.15) is 18.1 Å². The van der Waals surface area contributed by atoms with E-state index in [1.165, 1.54) is 0 Å². The highest BCUT2D eigenvalue weighted by molar-refractivity contribution is 5.84. The Morgan fingerprint density at radius 2 is 1.88 bits per heavy atom. The number of para-hydroxylation sites is 1. The molecule has 0 bridgehead atoms. The first-order valence-electron chi connectivity index (χ1n) is 8.21. The molecule has 1 aliphatic heterocycles. The summed E-state index contributed by atoms with van der Waals surface area (Å²) >= 11 is 0. The van der Waals surface area contributed by atoms with Gasteiger partial charge in [0, 0.05) is 6.42 Å². The maximum Gasteiger partial charge on any atom is 0.348 e. The Morgan fingerprint density at radius 3 is 2.72 bits per heavy atom. The van der Waals surface area contributed by atoms with E-state index >= 15 is 0 Å². The average molecular weight is 334 g/mol. The molecule has 4 heteroatoms. The third-order valence-corrected chi connectivity index (χ3v) is 4.40. The third kappa shape index (κ3) is 3.15. The molecule has 1 heterocycles. The first kappa shape index (κ1) is 15.5. The van der Waals surface area contributed by atoms with Crippen LogP contribution in [0.3, 0.4) is 0 Å². The van der Waals surface area contributed by atoms with Crippen LogP contribution in [0.1, 0.15) is 11.1 Å². The monoisotopic (exact) mass is 334 g/mol. The molecular weight excluding hydrogens is 316 g/mol. The van der Waals surface area contributed by atoms with Crippen LogP contribution in [0.25, 0.3) is 10.8 Å². The molecule has 0 fully saturated rings. The summed E-state index contributed by atoms with van der Waals surface area (Å²) in [5.74, 6) is 1.26. The lowest BCUT2D eigenvalue weighted by Gasteiger charge is -2.11. The van der Waals surface area contributed by atoms with Crippen molar-refractivity contribution in [1.82, 2.24) is 0 Å². The third-order valence-electron chi connectivity index (χ3n) is 4.40. The second kappa shape index (κ2) is 6.48. The van der Waals surface area contributed by atoms with Crippen LogP contribution in [0.2, 0.25) is 0 Å². The van der Waals surface area contributed by atoms with Crippen LogP contribution < -0.4 is 9.47 Å². The fourth-order valence-corrected chi connectivity index (χ4v) is 3.05. The first-order chi connectivity index (χ1) is 12.2. The van der Waals surface area contributed by atoms with Crippen molar-refractivity contribution < 1.29 is 19.0 Å². The van der Waals surface area contributed by atoms with Crippen molar-refractivity contribution in [2.45, 2.75) is 19.1 Å². The van der Waals surface area contributed by atoms with Crippen LogP contribution in [0.15, 0.2) is 60.7 Å². The quantitative estimate of drug-likeness (QED) is 0.679. The van der Waals surface area contributed by atoms with E-state index < -0.39 is 6.10 Å². The number of carbonyl (C=O) groups is 1. The number of carbonyl (C=O) groups excluding carboxylic acids is 1. The number of esters is 1. The van der Waals surface area contributed by atoms with Gasteiger partial charge in [-0.2, -0.15) is 0 Å². The van der Waals surface area contributed by atoms with Gasteiger partial charge in [-0.05, 0) is 46.2 Å². The Hall–Kier alpha value is -3.01. The number of rotatable bonds is 4. The van der Waals surface area contributed by atoms with Gasteiger partial charge in [0.05, 0.1) is 7.11 Å². The Kier molecular flexibility index (Phi) is 4.02. The molecule has 126 valence electrons. The SMILES string of the molecule is COc1ccc2cc(COC(=O)C3Cc4ccccc4O3)ccc2c1. The molecule has 0 N–H and O–H groups in total. The Labute approximate surface area is 145 Å². The average Bonchev–Trinajstić information content (AvgIpc) is 3.10. The van der Waals surface area contributed by atoms with Crippen LogP contribution in [0.4, 0.5) is 0 Å². The summed E-state index contributed by atoms with van der Waals surface area (Å²) < 4.78 is 16.3. The molecule has 1 atom stereocenters. The van der Waals surface area contributed by atoms with Crippen molar-refractivity contribution in [1.29, 1.82) is 0 Å². The minimum Gasteiger partial charge on any atom is -0.497 e. The Morgan fingerprint density at radius 1 is 1.08 bits per heavy atom. The van der Waals surface area contributed by atoms with Crippen LogP contribution in [-0.4, -0.2) is 19.2 Å². The zero-order valence-electron chi connectivity index (χ0n) is 13.9. The summed E-state index contributed by atoms with van der Waals surface area (Å²) in [5.41, 5.74) is 1.99. The predicted octanol–water partition coefficient (Wildman–Crippen LogP) is 3.90. The molecule has 4 nitrogen and oxygen atoms in total. The van der Waals surface area contributed by atoms with Gasteiger partial charge in [-0.3, -0.25) is 0 Å². The number of hydrogen-bond acceptors (Lipinski definition) is 4. The number of hydrogen-bond donors (Lipinski definition) is 0. The number of methoxy groups -OCH3 is 1. The zero-order chi connectivity index (χ0) is 17.2. The Balaban J connectivity index is 1.41. The van der Waals surface area contributed by atoms with Gasteiger partial charge < -0.3 is 14.2 Å². The first-order valence-corrected chi connectivity index (χ1v) is 8.21. The topological polar surface area (TPSA) is 44.8 Å². The van der Waals surface area contributed by atoms with Crippen molar-refractivity contribution >= 4 is 16.7 Å². The van der Waals surface area contributed by atoms with E-state index in [1.54, 1.807) is 7.11 Å². The van der Waals surface area contributed by atoms with E-state index in [-0.39, 0.29) is 12.6 Å². The molecule has 0 saturated carbocycles. The van der Waals surface area contributed by atoms with E-state index in [0.29, 0.717) is 6.42 Å². The summed E-state index contributed by atoms with van der Waals surface area (Å²) in [6.45, 7) is 0.233. The van der Waals surface area contributed by atoms with Gasteiger partial charge in [-0.25, -0.2) is 4.79 Å². The molecule has 0 radical (unpaired) electrons. The minimum absolute atomic E-state index is 0.233. The number of benzene rings is 3. The molecule has 0 aliphatic carbocycles. The van der Waals surface area contributed by atoms with Gasteiger partial charge in [-0.15, -0.1) is 0 Å². The second-order valence-electron chi connectivity index (χ2n) is 6.07. The predicted molar refractivity (Wildman–Crippen MR) is 94.9 cm³/mol.